The molecule has 1 atom stereocenters. The molecule has 1 amide bonds. The van der Waals surface area contributed by atoms with Crippen LogP contribution in [-0.2, 0) is 15.2 Å². The number of hydrogen-bond donors (Lipinski definition) is 1. The Morgan fingerprint density at radius 2 is 1.87 bits per heavy atom. The number of nitrogens with zero attached hydrogens (tertiary/aromatic N) is 3. The maximum absolute atomic E-state index is 14.3. The number of benzene rings is 2. The zero-order chi connectivity index (χ0) is 28.8. The van der Waals surface area contributed by atoms with E-state index in [0.29, 0.717) is 18.4 Å². The molecule has 1 aliphatic carbocycles. The fourth-order valence-electron chi connectivity index (χ4n) is 4.23. The summed E-state index contributed by atoms with van der Waals surface area (Å²) in [5.41, 5.74) is -3.70. The number of hydrogen-bond acceptors (Lipinski definition) is 6. The van der Waals surface area contributed by atoms with Gasteiger partial charge in [-0.25, -0.2) is 9.18 Å². The maximum Gasteiger partial charge on any atom is 0.507 e. The Labute approximate surface area is 229 Å². The van der Waals surface area contributed by atoms with Crippen molar-refractivity contribution in [2.45, 2.75) is 38.0 Å². The lowest BCUT2D eigenvalue weighted by Crippen LogP contribution is -2.42. The van der Waals surface area contributed by atoms with Crippen LogP contribution in [0.5, 0.6) is 0 Å². The highest BCUT2D eigenvalue weighted by Crippen LogP contribution is 2.50. The van der Waals surface area contributed by atoms with Crippen molar-refractivity contribution in [2.75, 3.05) is 13.3 Å². The SMILES string of the molecule is Cc1cc(C2=NO[C@@](c3cc(Cl)c(F)c(Cl)c3)(C(F)(F)F)C2)ccc1C(=O)N(COC(=O)O)CC1(C#N)CC1. The normalized spacial score (nSPS) is 19.5. The van der Waals surface area contributed by atoms with Gasteiger partial charge in [0.05, 0.1) is 27.2 Å². The van der Waals surface area contributed by atoms with E-state index in [1.54, 1.807) is 0 Å². The van der Waals surface area contributed by atoms with Crippen LogP contribution in [0.4, 0.5) is 22.4 Å². The molecule has 2 aromatic rings. The summed E-state index contributed by atoms with van der Waals surface area (Å²) >= 11 is 11.5. The lowest BCUT2D eigenvalue weighted by molar-refractivity contribution is -0.275. The fourth-order valence-corrected chi connectivity index (χ4v) is 4.72. The van der Waals surface area contributed by atoms with Gasteiger partial charge in [0.2, 0.25) is 0 Å². The zero-order valence-corrected chi connectivity index (χ0v) is 21.6. The minimum absolute atomic E-state index is 0.0474. The molecule has 0 saturated heterocycles. The Kier molecular flexibility index (Phi) is 7.44. The third kappa shape index (κ3) is 5.46. The maximum atomic E-state index is 14.3. The lowest BCUT2D eigenvalue weighted by atomic mass is 9.86. The summed E-state index contributed by atoms with van der Waals surface area (Å²) in [6, 6.07) is 7.84. The monoisotopic (exact) mass is 587 g/mol. The first-order valence-corrected chi connectivity index (χ1v) is 12.1. The van der Waals surface area contributed by atoms with Crippen LogP contribution in [0.2, 0.25) is 10.0 Å². The number of nitriles is 1. The Morgan fingerprint density at radius 3 is 2.38 bits per heavy atom. The highest BCUT2D eigenvalue weighted by atomic mass is 35.5. The van der Waals surface area contributed by atoms with Crippen LogP contribution in [0.3, 0.4) is 0 Å². The highest BCUT2D eigenvalue weighted by Gasteiger charge is 2.62. The van der Waals surface area contributed by atoms with Gasteiger partial charge in [-0.2, -0.15) is 18.4 Å². The Hall–Kier alpha value is -3.56. The van der Waals surface area contributed by atoms with E-state index in [4.69, 9.17) is 33.1 Å². The van der Waals surface area contributed by atoms with Crippen LogP contribution in [0, 0.1) is 29.5 Å². The van der Waals surface area contributed by atoms with Gasteiger partial charge in [-0.15, -0.1) is 0 Å². The van der Waals surface area contributed by atoms with Gasteiger partial charge in [-0.3, -0.25) is 4.79 Å². The van der Waals surface area contributed by atoms with Gasteiger partial charge >= 0.3 is 12.3 Å². The molecule has 8 nitrogen and oxygen atoms in total. The molecule has 2 aliphatic rings. The van der Waals surface area contributed by atoms with Crippen LogP contribution in [-0.4, -0.2) is 47.2 Å². The average Bonchev–Trinajstić information content (AvgIpc) is 3.49. The second-order valence-electron chi connectivity index (χ2n) is 9.35. The number of amides is 1. The third-order valence-electron chi connectivity index (χ3n) is 6.64. The summed E-state index contributed by atoms with van der Waals surface area (Å²) in [7, 11) is 0. The predicted octanol–water partition coefficient (Wildman–Crippen LogP) is 6.42. The van der Waals surface area contributed by atoms with Gasteiger partial charge in [0.15, 0.2) is 12.5 Å². The lowest BCUT2D eigenvalue weighted by Gasteiger charge is -2.29. The van der Waals surface area contributed by atoms with Crippen molar-refractivity contribution in [2.24, 2.45) is 10.6 Å². The van der Waals surface area contributed by atoms with Crippen LogP contribution in [0.1, 0.15) is 46.3 Å². The molecule has 1 fully saturated rings. The van der Waals surface area contributed by atoms with Crippen molar-refractivity contribution < 1.29 is 41.8 Å². The molecule has 1 N–H and O–H groups in total. The molecule has 0 aromatic heterocycles. The second-order valence-corrected chi connectivity index (χ2v) is 10.2. The number of carbonyl (C=O) groups is 2. The van der Waals surface area contributed by atoms with Gasteiger partial charge in [0.1, 0.15) is 0 Å². The van der Waals surface area contributed by atoms with Gasteiger partial charge < -0.3 is 19.6 Å². The van der Waals surface area contributed by atoms with Crippen molar-refractivity contribution in [3.05, 3.63) is 68.4 Å². The average molecular weight is 588 g/mol. The number of rotatable bonds is 7. The molecular weight excluding hydrogens is 569 g/mol. The standard InChI is InChI=1S/C25H19Cl2F4N3O5/c1-13-6-14(2-3-16(13)21(35)34(12-38-22(36)37)11-23(10-32)4-5-23)19-9-24(39-33-19,25(29,30)31)15-7-17(26)20(28)18(27)8-15/h2-3,6-8H,4-5,9,11-12H2,1H3,(H,36,37)/t24-/m0/s1. The highest BCUT2D eigenvalue weighted by molar-refractivity contribution is 6.35. The molecule has 14 heteroatoms. The van der Waals surface area contributed by atoms with Crippen molar-refractivity contribution in [3.63, 3.8) is 0 Å². The van der Waals surface area contributed by atoms with Crippen molar-refractivity contribution >= 4 is 41.0 Å². The number of alkyl halides is 3. The number of oxime groups is 1. The summed E-state index contributed by atoms with van der Waals surface area (Å²) in [6.07, 6.45) is -6.28. The molecule has 0 spiro atoms. The topological polar surface area (TPSA) is 112 Å². The molecule has 206 valence electrons. The Morgan fingerprint density at radius 1 is 1.23 bits per heavy atom. The first-order valence-electron chi connectivity index (χ1n) is 11.4. The smallest absolute Gasteiger partial charge is 0.450 e. The zero-order valence-electron chi connectivity index (χ0n) is 20.1. The first-order chi connectivity index (χ1) is 18.2. The van der Waals surface area contributed by atoms with Crippen molar-refractivity contribution in [1.29, 1.82) is 5.26 Å². The number of halogens is 6. The van der Waals surface area contributed by atoms with E-state index in [1.165, 1.54) is 25.1 Å². The summed E-state index contributed by atoms with van der Waals surface area (Å²) in [5.74, 6) is -1.69. The summed E-state index contributed by atoms with van der Waals surface area (Å²) < 4.78 is 61.3. The van der Waals surface area contributed by atoms with Gasteiger partial charge in [-0.05, 0) is 55.2 Å². The molecule has 4 rings (SSSR count). The molecule has 1 heterocycles. The van der Waals surface area contributed by atoms with Crippen molar-refractivity contribution in [3.8, 4) is 6.07 Å². The number of carboxylic acid groups (broad SMARTS) is 1. The first kappa shape index (κ1) is 28.4. The minimum atomic E-state index is -4.99. The van der Waals surface area contributed by atoms with E-state index in [1.807, 2.05) is 0 Å². The summed E-state index contributed by atoms with van der Waals surface area (Å²) in [6.45, 7) is 0.890. The molecule has 0 bridgehead atoms. The van der Waals surface area contributed by atoms with Crippen LogP contribution < -0.4 is 0 Å². The molecule has 1 saturated carbocycles. The quantitative estimate of drug-likeness (QED) is 0.173. The van der Waals surface area contributed by atoms with E-state index in [0.717, 1.165) is 17.0 Å². The van der Waals surface area contributed by atoms with Gasteiger partial charge in [0.25, 0.3) is 11.5 Å². The largest absolute Gasteiger partial charge is 0.507 e. The van der Waals surface area contributed by atoms with Crippen LogP contribution in [0.15, 0.2) is 35.5 Å². The molecule has 2 aromatic carbocycles. The second kappa shape index (κ2) is 10.2. The molecule has 0 unspecified atom stereocenters. The summed E-state index contributed by atoms with van der Waals surface area (Å²) in [4.78, 5) is 30.1. The Bertz CT molecular complexity index is 1400. The van der Waals surface area contributed by atoms with E-state index in [9.17, 15) is 32.4 Å². The van der Waals surface area contributed by atoms with Gasteiger partial charge in [0, 0.05) is 24.1 Å². The van der Waals surface area contributed by atoms with E-state index < -0.39 is 63.8 Å². The van der Waals surface area contributed by atoms with E-state index in [2.05, 4.69) is 16.0 Å². The summed E-state index contributed by atoms with van der Waals surface area (Å²) in [5, 5.41) is 20.7. The van der Waals surface area contributed by atoms with E-state index >= 15 is 0 Å². The Balaban J connectivity index is 1.61. The predicted molar refractivity (Wildman–Crippen MR) is 130 cm³/mol. The fraction of sp³-hybridized carbons (Fsp3) is 0.360. The number of carbonyl (C=O) groups excluding carboxylic acids is 1. The van der Waals surface area contributed by atoms with Crippen LogP contribution in [0.25, 0.3) is 0 Å². The van der Waals surface area contributed by atoms with Gasteiger partial charge in [-0.1, -0.05) is 34.4 Å². The number of aryl methyl sites for hydroxylation is 1. The number of ether oxygens (including phenoxy) is 1. The van der Waals surface area contributed by atoms with E-state index in [-0.39, 0.29) is 23.4 Å². The van der Waals surface area contributed by atoms with Crippen molar-refractivity contribution in [1.82, 2.24) is 4.90 Å². The molecule has 1 aliphatic heterocycles. The molecule has 0 radical (unpaired) electrons. The third-order valence-corrected chi connectivity index (χ3v) is 7.19. The minimum Gasteiger partial charge on any atom is -0.450 e. The van der Waals surface area contributed by atoms with Crippen LogP contribution >= 0.6 is 23.2 Å². The molecular formula is C25H19Cl2F4N3O5. The molecule has 39 heavy (non-hydrogen) atoms.